The van der Waals surface area contributed by atoms with Crippen molar-refractivity contribution in [2.24, 2.45) is 11.8 Å². The van der Waals surface area contributed by atoms with Crippen molar-refractivity contribution >= 4 is 39.3 Å². The summed E-state index contributed by atoms with van der Waals surface area (Å²) in [4.78, 5) is 33.9. The standard InChI is InChI=1S/C41H56ClN5O8S/c1-44(2)56(51,52)43-39(49)41(50)25-38(48)45(3)16-5-4-8-36(54-22-19-46-17-20-53-21-18-46)33-12-9-30(33)26-47-27-40(28-55-37-14-10-31(41)24-35(37)47)15-6-7-29-23-32(42)11-13-34(29)40/h4,8,10-11,13-14,23-24,30,33,36,50H,5-7,9,12,15-22,25-28H2,1-3H3,(H,43,49)/b8-4-/t30-,33+,36-,40-,41+/m0/s1. The Morgan fingerprint density at radius 2 is 1.93 bits per heavy atom. The van der Waals surface area contributed by atoms with Gasteiger partial charge in [0.15, 0.2) is 5.60 Å². The maximum absolute atomic E-state index is 14.0. The fraction of sp³-hybridized carbons (Fsp3) is 0.610. The average molecular weight is 814 g/mol. The number of halogens is 1. The highest BCUT2D eigenvalue weighted by molar-refractivity contribution is 7.87. The van der Waals surface area contributed by atoms with Crippen molar-refractivity contribution in [1.82, 2.24) is 18.8 Å². The van der Waals surface area contributed by atoms with Crippen LogP contribution >= 0.6 is 11.6 Å². The SMILES string of the molecule is CN1CC/C=C\[C@H](OCCN2CCOCC2)[C@@H]2CC[C@H]2CN2C[C@@]3(CCCc4cc(Cl)ccc43)COc3ccc(cc32)[C@@](O)(C(=O)NS(=O)(=O)N(C)C)CC1=O. The molecule has 3 heterocycles. The molecule has 2 aliphatic carbocycles. The molecule has 15 heteroatoms. The van der Waals surface area contributed by atoms with E-state index in [2.05, 4.69) is 34.1 Å². The van der Waals surface area contributed by atoms with E-state index in [1.54, 1.807) is 25.2 Å². The van der Waals surface area contributed by atoms with Crippen LogP contribution in [0.25, 0.3) is 0 Å². The molecular weight excluding hydrogens is 758 g/mol. The van der Waals surface area contributed by atoms with Crippen molar-refractivity contribution < 1.29 is 37.3 Å². The summed E-state index contributed by atoms with van der Waals surface area (Å²) in [6, 6.07) is 11.1. The van der Waals surface area contributed by atoms with Gasteiger partial charge in [-0.3, -0.25) is 14.5 Å². The normalized spacial score (nSPS) is 29.5. The fourth-order valence-electron chi connectivity index (χ4n) is 8.96. The summed E-state index contributed by atoms with van der Waals surface area (Å²) in [5, 5.41) is 13.0. The molecule has 0 aromatic heterocycles. The summed E-state index contributed by atoms with van der Waals surface area (Å²) in [6.07, 6.45) is 8.81. The number of nitrogens with one attached hydrogen (secondary N) is 1. The number of hydrogen-bond donors (Lipinski definition) is 2. The first-order valence-corrected chi connectivity index (χ1v) is 21.7. The Balaban J connectivity index is 1.28. The molecule has 7 rings (SSSR count). The molecule has 1 spiro atoms. The maximum atomic E-state index is 14.0. The Bertz CT molecular complexity index is 1910. The van der Waals surface area contributed by atoms with Gasteiger partial charge in [0.05, 0.1) is 44.6 Å². The van der Waals surface area contributed by atoms with E-state index in [4.69, 9.17) is 25.8 Å². The largest absolute Gasteiger partial charge is 0.490 e. The van der Waals surface area contributed by atoms with Crippen molar-refractivity contribution in [2.75, 3.05) is 91.7 Å². The lowest BCUT2D eigenvalue weighted by molar-refractivity contribution is -0.148. The Morgan fingerprint density at radius 3 is 2.68 bits per heavy atom. The summed E-state index contributed by atoms with van der Waals surface area (Å²) in [5.41, 5.74) is 0.331. The minimum Gasteiger partial charge on any atom is -0.490 e. The second-order valence-corrected chi connectivity index (χ2v) is 18.7. The lowest BCUT2D eigenvalue weighted by Gasteiger charge is -2.46. The predicted octanol–water partition coefficient (Wildman–Crippen LogP) is 3.48. The number of benzene rings is 2. The van der Waals surface area contributed by atoms with E-state index < -0.39 is 34.0 Å². The van der Waals surface area contributed by atoms with Crippen LogP contribution in [-0.4, -0.2) is 132 Å². The van der Waals surface area contributed by atoms with Gasteiger partial charge >= 0.3 is 10.2 Å². The number of aliphatic hydroxyl groups is 1. The van der Waals surface area contributed by atoms with Gasteiger partial charge in [0.2, 0.25) is 5.91 Å². The number of amides is 2. The molecule has 13 nitrogen and oxygen atoms in total. The Labute approximate surface area is 336 Å². The summed E-state index contributed by atoms with van der Waals surface area (Å²) in [7, 11) is -0.116. The van der Waals surface area contributed by atoms with Crippen molar-refractivity contribution in [1.29, 1.82) is 0 Å². The number of hydrogen-bond acceptors (Lipinski definition) is 10. The number of nitrogens with zero attached hydrogens (tertiary/aromatic N) is 4. The first-order chi connectivity index (χ1) is 26.8. The molecule has 0 radical (unpaired) electrons. The smallest absolute Gasteiger partial charge is 0.303 e. The van der Waals surface area contributed by atoms with Crippen LogP contribution in [0.2, 0.25) is 5.02 Å². The van der Waals surface area contributed by atoms with Gasteiger partial charge in [0, 0.05) is 70.8 Å². The highest BCUT2D eigenvalue weighted by atomic mass is 35.5. The molecule has 5 atom stereocenters. The third kappa shape index (κ3) is 8.62. The van der Waals surface area contributed by atoms with E-state index in [0.717, 1.165) is 69.3 Å². The molecule has 3 aliphatic heterocycles. The third-order valence-corrected chi connectivity index (χ3v) is 14.2. The number of morpholine rings is 1. The zero-order valence-electron chi connectivity index (χ0n) is 32.8. The molecule has 2 amide bonds. The van der Waals surface area contributed by atoms with Crippen LogP contribution in [0.4, 0.5) is 5.69 Å². The van der Waals surface area contributed by atoms with Crippen LogP contribution in [-0.2, 0) is 46.7 Å². The van der Waals surface area contributed by atoms with E-state index in [-0.39, 0.29) is 28.9 Å². The zero-order chi connectivity index (χ0) is 39.7. The first kappa shape index (κ1) is 40.9. The van der Waals surface area contributed by atoms with Crippen LogP contribution in [0.3, 0.4) is 0 Å². The Morgan fingerprint density at radius 1 is 1.12 bits per heavy atom. The molecule has 2 aromatic rings. The predicted molar refractivity (Wildman–Crippen MR) is 214 cm³/mol. The van der Waals surface area contributed by atoms with E-state index in [1.165, 1.54) is 30.1 Å². The van der Waals surface area contributed by atoms with Gasteiger partial charge in [-0.1, -0.05) is 35.9 Å². The van der Waals surface area contributed by atoms with Crippen LogP contribution in [0.5, 0.6) is 5.75 Å². The van der Waals surface area contributed by atoms with E-state index in [0.29, 0.717) is 55.7 Å². The van der Waals surface area contributed by atoms with Crippen molar-refractivity contribution in [3.05, 3.63) is 70.3 Å². The molecule has 5 aliphatic rings. The number of fused-ring (bicyclic) bond motifs is 4. The molecule has 306 valence electrons. The van der Waals surface area contributed by atoms with E-state index >= 15 is 0 Å². The van der Waals surface area contributed by atoms with Crippen LogP contribution < -0.4 is 14.4 Å². The molecule has 1 saturated heterocycles. The number of ether oxygens (including phenoxy) is 3. The van der Waals surface area contributed by atoms with Crippen LogP contribution in [0.15, 0.2) is 48.6 Å². The Kier molecular flexibility index (Phi) is 12.4. The van der Waals surface area contributed by atoms with E-state index in [1.807, 2.05) is 10.8 Å². The molecule has 56 heavy (non-hydrogen) atoms. The lowest BCUT2D eigenvalue weighted by Crippen LogP contribution is -2.52. The molecule has 0 unspecified atom stereocenters. The fourth-order valence-corrected chi connectivity index (χ4v) is 9.74. The Hall–Kier alpha value is -3.24. The van der Waals surface area contributed by atoms with Gasteiger partial charge in [0.1, 0.15) is 5.75 Å². The van der Waals surface area contributed by atoms with Gasteiger partial charge in [-0.25, -0.2) is 4.72 Å². The van der Waals surface area contributed by atoms with Crippen LogP contribution in [0.1, 0.15) is 55.2 Å². The number of rotatable bonds is 7. The minimum atomic E-state index is -4.30. The average Bonchev–Trinajstić information content (AvgIpc) is 3.31. The summed E-state index contributed by atoms with van der Waals surface area (Å²) < 4.78 is 47.6. The van der Waals surface area contributed by atoms with Gasteiger partial charge < -0.3 is 29.1 Å². The quantitative estimate of drug-likeness (QED) is 0.400. The van der Waals surface area contributed by atoms with E-state index in [9.17, 15) is 23.1 Å². The molecule has 2 bridgehead atoms. The summed E-state index contributed by atoms with van der Waals surface area (Å²) >= 11 is 6.50. The maximum Gasteiger partial charge on any atom is 0.303 e. The summed E-state index contributed by atoms with van der Waals surface area (Å²) in [6.45, 7) is 6.74. The number of carbonyl (C=O) groups excluding carboxylic acids is 2. The van der Waals surface area contributed by atoms with Crippen molar-refractivity contribution in [3.8, 4) is 5.75 Å². The molecule has 2 aromatic carbocycles. The van der Waals surface area contributed by atoms with Crippen molar-refractivity contribution in [2.45, 2.75) is 62.1 Å². The third-order valence-electron chi connectivity index (χ3n) is 12.6. The number of carbonyl (C=O) groups is 2. The molecule has 2 fully saturated rings. The van der Waals surface area contributed by atoms with Gasteiger partial charge in [-0.2, -0.15) is 12.7 Å². The minimum absolute atomic E-state index is 0.100. The second-order valence-electron chi connectivity index (χ2n) is 16.4. The van der Waals surface area contributed by atoms with Gasteiger partial charge in [-0.15, -0.1) is 0 Å². The van der Waals surface area contributed by atoms with Gasteiger partial charge in [0.25, 0.3) is 5.91 Å². The number of aryl methyl sites for hydroxylation is 1. The second kappa shape index (κ2) is 16.9. The summed E-state index contributed by atoms with van der Waals surface area (Å²) in [5.74, 6) is -0.596. The molecular formula is C41H56ClN5O8S. The number of anilines is 1. The van der Waals surface area contributed by atoms with Gasteiger partial charge in [-0.05, 0) is 91.3 Å². The highest BCUT2D eigenvalue weighted by Crippen LogP contribution is 2.48. The van der Waals surface area contributed by atoms with Crippen LogP contribution in [0, 0.1) is 11.8 Å². The zero-order valence-corrected chi connectivity index (χ0v) is 34.3. The monoisotopic (exact) mass is 813 g/mol. The molecule has 2 N–H and O–H groups in total. The van der Waals surface area contributed by atoms with Crippen molar-refractivity contribution in [3.63, 3.8) is 0 Å². The highest BCUT2D eigenvalue weighted by Gasteiger charge is 2.47. The molecule has 1 saturated carbocycles. The topological polar surface area (TPSA) is 141 Å². The first-order valence-electron chi connectivity index (χ1n) is 19.9. The lowest BCUT2D eigenvalue weighted by atomic mass is 9.68.